The van der Waals surface area contributed by atoms with Crippen molar-refractivity contribution >= 4 is 46.9 Å². The first-order valence-corrected chi connectivity index (χ1v) is 10.2. The van der Waals surface area contributed by atoms with Gasteiger partial charge in [0.2, 0.25) is 0 Å². The van der Waals surface area contributed by atoms with E-state index in [0.29, 0.717) is 17.1 Å². The van der Waals surface area contributed by atoms with Crippen molar-refractivity contribution in [2.24, 2.45) is 0 Å². The first-order chi connectivity index (χ1) is 15.3. The van der Waals surface area contributed by atoms with E-state index in [2.05, 4.69) is 5.32 Å². The van der Waals surface area contributed by atoms with E-state index in [0.717, 1.165) is 11.1 Å². The van der Waals surface area contributed by atoms with Gasteiger partial charge in [-0.2, -0.15) is 0 Å². The predicted octanol–water partition coefficient (Wildman–Crippen LogP) is 3.62. The first kappa shape index (κ1) is 21.2. The van der Waals surface area contributed by atoms with Crippen LogP contribution in [-0.4, -0.2) is 32.6 Å². The predicted molar refractivity (Wildman–Crippen MR) is 125 cm³/mol. The van der Waals surface area contributed by atoms with Crippen LogP contribution >= 0.6 is 12.2 Å². The van der Waals surface area contributed by atoms with E-state index in [9.17, 15) is 19.5 Å². The number of hydrogen-bond acceptors (Lipinski definition) is 4. The summed E-state index contributed by atoms with van der Waals surface area (Å²) in [4.78, 5) is 38.7. The van der Waals surface area contributed by atoms with Crippen LogP contribution in [0.5, 0.6) is 0 Å². The van der Waals surface area contributed by atoms with E-state index in [-0.39, 0.29) is 16.2 Å². The summed E-state index contributed by atoms with van der Waals surface area (Å²) in [6.45, 7) is 3.78. The van der Waals surface area contributed by atoms with Crippen LogP contribution in [0.2, 0.25) is 0 Å². The zero-order valence-corrected chi connectivity index (χ0v) is 18.1. The van der Waals surface area contributed by atoms with Crippen molar-refractivity contribution in [2.75, 3.05) is 4.90 Å². The number of carboxylic acid groups (broad SMARTS) is 1. The van der Waals surface area contributed by atoms with Crippen LogP contribution in [-0.2, 0) is 9.59 Å². The Labute approximate surface area is 189 Å². The zero-order valence-electron chi connectivity index (χ0n) is 17.3. The van der Waals surface area contributed by atoms with Crippen LogP contribution in [0.3, 0.4) is 0 Å². The highest BCUT2D eigenvalue weighted by Crippen LogP contribution is 2.27. The SMILES string of the molecule is Cc1ccc(C)c(N2C(=O)/C(=C/c3cccn3-c3cccc(C(=O)O)c3)C(=O)NC2=S)c1. The third kappa shape index (κ3) is 3.83. The molecule has 2 aromatic carbocycles. The van der Waals surface area contributed by atoms with Crippen molar-refractivity contribution < 1.29 is 19.5 Å². The van der Waals surface area contributed by atoms with E-state index >= 15 is 0 Å². The van der Waals surface area contributed by atoms with E-state index in [4.69, 9.17) is 12.2 Å². The minimum Gasteiger partial charge on any atom is -0.478 e. The summed E-state index contributed by atoms with van der Waals surface area (Å²) in [6, 6.07) is 15.5. The minimum absolute atomic E-state index is 0.0235. The quantitative estimate of drug-likeness (QED) is 0.364. The number of carboxylic acids is 1. The number of thiocarbonyl (C=S) groups is 1. The van der Waals surface area contributed by atoms with Gasteiger partial charge in [0, 0.05) is 17.6 Å². The largest absolute Gasteiger partial charge is 0.478 e. The molecule has 0 aliphatic carbocycles. The van der Waals surface area contributed by atoms with Crippen molar-refractivity contribution in [2.45, 2.75) is 13.8 Å². The van der Waals surface area contributed by atoms with Gasteiger partial charge in [-0.1, -0.05) is 18.2 Å². The molecule has 1 saturated heterocycles. The first-order valence-electron chi connectivity index (χ1n) is 9.76. The molecule has 0 spiro atoms. The number of aromatic carboxylic acids is 1. The number of nitrogens with one attached hydrogen (secondary N) is 1. The Morgan fingerprint density at radius 2 is 1.84 bits per heavy atom. The van der Waals surface area contributed by atoms with E-state index in [1.807, 2.05) is 32.0 Å². The van der Waals surface area contributed by atoms with Crippen molar-refractivity contribution in [1.29, 1.82) is 0 Å². The van der Waals surface area contributed by atoms with Crippen LogP contribution in [0.4, 0.5) is 5.69 Å². The summed E-state index contributed by atoms with van der Waals surface area (Å²) in [6.07, 6.45) is 3.21. The summed E-state index contributed by atoms with van der Waals surface area (Å²) < 4.78 is 1.70. The van der Waals surface area contributed by atoms with Gasteiger partial charge >= 0.3 is 5.97 Å². The topological polar surface area (TPSA) is 91.6 Å². The summed E-state index contributed by atoms with van der Waals surface area (Å²) in [5, 5.41) is 11.9. The molecule has 1 aliphatic rings. The fourth-order valence-corrected chi connectivity index (χ4v) is 3.79. The monoisotopic (exact) mass is 445 g/mol. The van der Waals surface area contributed by atoms with E-state index in [1.54, 1.807) is 35.0 Å². The zero-order chi connectivity index (χ0) is 23.0. The van der Waals surface area contributed by atoms with Gasteiger partial charge in [0.15, 0.2) is 5.11 Å². The molecule has 32 heavy (non-hydrogen) atoms. The van der Waals surface area contributed by atoms with E-state index in [1.165, 1.54) is 23.1 Å². The third-order valence-corrected chi connectivity index (χ3v) is 5.44. The standard InChI is InChI=1S/C24H19N3O4S/c1-14-8-9-15(2)20(11-14)27-22(29)19(21(28)25-24(27)32)13-18-7-4-10-26(18)17-6-3-5-16(12-17)23(30)31/h3-13H,1-2H3,(H,30,31)(H,25,28,32)/b19-13+. The lowest BCUT2D eigenvalue weighted by molar-refractivity contribution is -0.122. The van der Waals surface area contributed by atoms with E-state index < -0.39 is 17.8 Å². The lowest BCUT2D eigenvalue weighted by Crippen LogP contribution is -2.54. The molecule has 0 saturated carbocycles. The minimum atomic E-state index is -1.04. The molecular weight excluding hydrogens is 426 g/mol. The number of aryl methyl sites for hydroxylation is 2. The Morgan fingerprint density at radius 1 is 1.06 bits per heavy atom. The molecule has 0 atom stereocenters. The molecule has 1 aliphatic heterocycles. The number of hydrogen-bond donors (Lipinski definition) is 2. The number of benzene rings is 2. The Kier molecular flexibility index (Phi) is 5.46. The Balaban J connectivity index is 1.77. The maximum Gasteiger partial charge on any atom is 0.335 e. The summed E-state index contributed by atoms with van der Waals surface area (Å²) in [7, 11) is 0. The van der Waals surface area contributed by atoms with Gasteiger partial charge in [-0.3, -0.25) is 19.8 Å². The van der Waals surface area contributed by atoms with Crippen molar-refractivity contribution in [3.63, 3.8) is 0 Å². The second kappa shape index (κ2) is 8.24. The lowest BCUT2D eigenvalue weighted by Gasteiger charge is -2.30. The van der Waals surface area contributed by atoms with Crippen LogP contribution < -0.4 is 10.2 Å². The molecule has 4 rings (SSSR count). The van der Waals surface area contributed by atoms with Gasteiger partial charge in [-0.05, 0) is 79.7 Å². The van der Waals surface area contributed by atoms with Gasteiger partial charge in [0.1, 0.15) is 5.57 Å². The molecule has 3 aromatic rings. The molecule has 1 fully saturated rings. The number of nitrogens with zero attached hydrogens (tertiary/aromatic N) is 2. The summed E-state index contributed by atoms with van der Waals surface area (Å²) >= 11 is 5.29. The maximum absolute atomic E-state index is 13.4. The third-order valence-electron chi connectivity index (χ3n) is 5.15. The Morgan fingerprint density at radius 3 is 2.59 bits per heavy atom. The van der Waals surface area contributed by atoms with Crippen LogP contribution in [0.15, 0.2) is 66.4 Å². The summed E-state index contributed by atoms with van der Waals surface area (Å²) in [5.41, 5.74) is 3.59. The molecule has 0 bridgehead atoms. The molecule has 1 aromatic heterocycles. The average molecular weight is 446 g/mol. The molecule has 2 N–H and O–H groups in total. The van der Waals surface area contributed by atoms with Crippen molar-refractivity contribution in [3.8, 4) is 5.69 Å². The number of carbonyl (C=O) groups excluding carboxylic acids is 2. The number of carbonyl (C=O) groups is 3. The molecule has 8 heteroatoms. The van der Waals surface area contributed by atoms with Gasteiger partial charge in [0.25, 0.3) is 11.8 Å². The molecule has 0 radical (unpaired) electrons. The van der Waals surface area contributed by atoms with Crippen LogP contribution in [0.1, 0.15) is 27.2 Å². The van der Waals surface area contributed by atoms with Gasteiger partial charge in [0.05, 0.1) is 11.3 Å². The molecule has 0 unspecified atom stereocenters. The number of rotatable bonds is 4. The van der Waals surface area contributed by atoms with Gasteiger partial charge in [-0.15, -0.1) is 0 Å². The normalized spacial score (nSPS) is 15.2. The number of aromatic nitrogens is 1. The summed E-state index contributed by atoms with van der Waals surface area (Å²) in [5.74, 6) is -2.16. The van der Waals surface area contributed by atoms with Crippen molar-refractivity contribution in [3.05, 3.63) is 88.8 Å². The number of amides is 2. The molecule has 7 nitrogen and oxygen atoms in total. The molecule has 160 valence electrons. The van der Waals surface area contributed by atoms with Crippen LogP contribution in [0.25, 0.3) is 11.8 Å². The highest BCUT2D eigenvalue weighted by molar-refractivity contribution is 7.80. The molecule has 2 amide bonds. The van der Waals surface area contributed by atoms with Gasteiger partial charge in [-0.25, -0.2) is 4.79 Å². The second-order valence-corrected chi connectivity index (χ2v) is 7.79. The maximum atomic E-state index is 13.4. The highest BCUT2D eigenvalue weighted by atomic mass is 32.1. The number of anilines is 1. The van der Waals surface area contributed by atoms with Gasteiger partial charge < -0.3 is 9.67 Å². The lowest BCUT2D eigenvalue weighted by atomic mass is 10.1. The second-order valence-electron chi connectivity index (χ2n) is 7.41. The van der Waals surface area contributed by atoms with Crippen LogP contribution in [0, 0.1) is 13.8 Å². The average Bonchev–Trinajstić information content (AvgIpc) is 3.22. The Hall–Kier alpha value is -4.04. The smallest absolute Gasteiger partial charge is 0.335 e. The Bertz CT molecular complexity index is 1320. The fraction of sp³-hybridized carbons (Fsp3) is 0.0833. The molecule has 2 heterocycles. The molecular formula is C24H19N3O4S. The fourth-order valence-electron chi connectivity index (χ4n) is 3.52. The highest BCUT2D eigenvalue weighted by Gasteiger charge is 2.35. The van der Waals surface area contributed by atoms with Crippen molar-refractivity contribution in [1.82, 2.24) is 9.88 Å².